The molecule has 60 heavy (non-hydrogen) atoms. The van der Waals surface area contributed by atoms with Crippen molar-refractivity contribution in [2.24, 2.45) is 0 Å². The van der Waals surface area contributed by atoms with E-state index in [1.165, 1.54) is 18.2 Å². The second-order valence-corrected chi connectivity index (χ2v) is 15.6. The van der Waals surface area contributed by atoms with Crippen molar-refractivity contribution >= 4 is 60.6 Å². The van der Waals surface area contributed by atoms with Gasteiger partial charge in [0.15, 0.2) is 34.4 Å². The molecule has 0 saturated carbocycles. The number of nitrogens with one attached hydrogen (secondary N) is 1. The number of fused-ring (bicyclic) bond motifs is 2. The summed E-state index contributed by atoms with van der Waals surface area (Å²) in [7, 11) is 0. The lowest BCUT2D eigenvalue weighted by Gasteiger charge is -2.19. The fourth-order valence-electron chi connectivity index (χ4n) is 6.67. The van der Waals surface area contributed by atoms with Crippen molar-refractivity contribution in [3.8, 4) is 17.2 Å². The second kappa shape index (κ2) is 21.6. The Kier molecular flexibility index (Phi) is 16.0. The topological polar surface area (TPSA) is 162 Å². The van der Waals surface area contributed by atoms with Crippen molar-refractivity contribution in [2.75, 3.05) is 57.3 Å². The number of aromatic nitrogens is 6. The highest BCUT2D eigenvalue weighted by Crippen LogP contribution is 2.32. The number of alkyl halides is 2. The van der Waals surface area contributed by atoms with Crippen molar-refractivity contribution in [1.82, 2.24) is 28.7 Å². The highest BCUT2D eigenvalue weighted by molar-refractivity contribution is 9.10. The van der Waals surface area contributed by atoms with Gasteiger partial charge in [-0.1, -0.05) is 6.07 Å². The fourth-order valence-corrected chi connectivity index (χ4v) is 7.41. The Balaban J connectivity index is 0.000000171. The van der Waals surface area contributed by atoms with Crippen molar-refractivity contribution < 1.29 is 37.3 Å². The molecule has 2 aliphatic heterocycles. The molecule has 8 heterocycles. The lowest BCUT2D eigenvalue weighted by atomic mass is 9.99. The maximum absolute atomic E-state index is 12.9. The molecule has 14 nitrogen and oxygen atoms in total. The lowest BCUT2D eigenvalue weighted by molar-refractivity contribution is 0.0794. The summed E-state index contributed by atoms with van der Waals surface area (Å²) in [5, 5.41) is 2.70. The van der Waals surface area contributed by atoms with Crippen LogP contribution in [0.25, 0.3) is 11.3 Å². The Labute approximate surface area is 363 Å². The first-order valence-corrected chi connectivity index (χ1v) is 21.4. The number of nitrogen functional groups attached to an aromatic ring is 1. The van der Waals surface area contributed by atoms with Crippen LogP contribution in [0.5, 0.6) is 17.2 Å². The zero-order chi connectivity index (χ0) is 42.6. The molecule has 8 rings (SSSR count). The van der Waals surface area contributed by atoms with Gasteiger partial charge in [0, 0.05) is 71.0 Å². The number of pyridine rings is 4. The van der Waals surface area contributed by atoms with Gasteiger partial charge in [-0.25, -0.2) is 28.7 Å². The Hall–Kier alpha value is -4.91. The molecule has 3 N–H and O–H groups in total. The molecular weight excluding hydrogens is 910 g/mol. The van der Waals surface area contributed by atoms with E-state index in [1.54, 1.807) is 28.9 Å². The van der Waals surface area contributed by atoms with E-state index in [2.05, 4.69) is 53.3 Å². The summed E-state index contributed by atoms with van der Waals surface area (Å²) in [6.45, 7) is 10.5. The average Bonchev–Trinajstić information content (AvgIpc) is 3.89. The van der Waals surface area contributed by atoms with Crippen LogP contribution in [0.4, 0.5) is 20.3 Å². The average molecular weight is 959 g/mol. The molecule has 0 aliphatic carbocycles. The number of imidazole rings is 2. The van der Waals surface area contributed by atoms with Crippen LogP contribution in [0.3, 0.4) is 0 Å². The van der Waals surface area contributed by atoms with Crippen LogP contribution in [-0.4, -0.2) is 80.9 Å². The minimum absolute atomic E-state index is 0.0865. The molecule has 6 aromatic rings. The third kappa shape index (κ3) is 11.7. The third-order valence-electron chi connectivity index (χ3n) is 9.43. The number of amides is 1. The van der Waals surface area contributed by atoms with Crippen LogP contribution in [0.15, 0.2) is 76.3 Å². The van der Waals surface area contributed by atoms with E-state index in [1.807, 2.05) is 43.6 Å². The van der Waals surface area contributed by atoms with E-state index in [-0.39, 0.29) is 11.6 Å². The number of anilines is 2. The van der Waals surface area contributed by atoms with E-state index in [9.17, 15) is 13.6 Å². The van der Waals surface area contributed by atoms with Crippen molar-refractivity contribution in [3.05, 3.63) is 99.1 Å². The smallest absolute Gasteiger partial charge is 0.280 e. The molecule has 1 amide bonds. The highest BCUT2D eigenvalue weighted by Gasteiger charge is 2.22. The predicted molar refractivity (Wildman–Crippen MR) is 231 cm³/mol. The zero-order valence-corrected chi connectivity index (χ0v) is 36.8. The minimum atomic E-state index is -2.74. The summed E-state index contributed by atoms with van der Waals surface area (Å²) >= 11 is 6.77. The van der Waals surface area contributed by atoms with Crippen LogP contribution >= 0.6 is 31.9 Å². The zero-order valence-electron chi connectivity index (χ0n) is 33.6. The summed E-state index contributed by atoms with van der Waals surface area (Å²) in [6.07, 6.45) is 10.9. The Morgan fingerprint density at radius 2 is 1.38 bits per heavy atom. The summed E-state index contributed by atoms with van der Waals surface area (Å²) in [5.74, 6) is 2.43. The molecule has 0 radical (unpaired) electrons. The maximum atomic E-state index is 12.9. The number of nitrogens with zero attached hydrogens (tertiary/aromatic N) is 6. The monoisotopic (exact) mass is 956 g/mol. The molecule has 2 unspecified atom stereocenters. The molecule has 2 saturated heterocycles. The van der Waals surface area contributed by atoms with Gasteiger partial charge in [-0.05, 0) is 103 Å². The van der Waals surface area contributed by atoms with Gasteiger partial charge in [0.2, 0.25) is 0 Å². The number of nitrogens with two attached hydrogens (primary N) is 1. The molecule has 6 aromatic heterocycles. The number of hydrogen-bond acceptors (Lipinski definition) is 11. The van der Waals surface area contributed by atoms with Gasteiger partial charge in [0.05, 0.1) is 50.1 Å². The van der Waals surface area contributed by atoms with Crippen molar-refractivity contribution in [2.45, 2.75) is 64.7 Å². The van der Waals surface area contributed by atoms with Crippen LogP contribution in [0.2, 0.25) is 0 Å². The number of carbonyl (C=O) groups is 1. The van der Waals surface area contributed by atoms with Crippen molar-refractivity contribution in [3.63, 3.8) is 0 Å². The molecule has 0 spiro atoms. The van der Waals surface area contributed by atoms with E-state index in [0.717, 1.165) is 77.2 Å². The highest BCUT2D eigenvalue weighted by atomic mass is 79.9. The minimum Gasteiger partial charge on any atom is -0.490 e. The Morgan fingerprint density at radius 3 is 1.95 bits per heavy atom. The van der Waals surface area contributed by atoms with Crippen LogP contribution in [0, 0.1) is 0 Å². The summed E-state index contributed by atoms with van der Waals surface area (Å²) in [5.41, 5.74) is 8.97. The summed E-state index contributed by atoms with van der Waals surface area (Å²) in [4.78, 5) is 29.6. The largest absolute Gasteiger partial charge is 0.490 e. The molecule has 0 bridgehead atoms. The number of hydrogen-bond donors (Lipinski definition) is 2. The first kappa shape index (κ1) is 44.6. The van der Waals surface area contributed by atoms with Crippen LogP contribution < -0.4 is 25.3 Å². The van der Waals surface area contributed by atoms with Gasteiger partial charge in [0.1, 0.15) is 11.4 Å². The first-order chi connectivity index (χ1) is 29.1. The van der Waals surface area contributed by atoms with Gasteiger partial charge >= 0.3 is 0 Å². The van der Waals surface area contributed by atoms with Gasteiger partial charge in [-0.3, -0.25) is 4.79 Å². The molecule has 320 valence electrons. The molecule has 18 heteroatoms. The van der Waals surface area contributed by atoms with Gasteiger partial charge in [-0.2, -0.15) is 0 Å². The standard InChI is InChI=1S/C21H22F2N4O3.C14H17BrN2O2.C7H9BrN2O/c1-2-30-18-9-14(24-21(28)16-7-3-6-15(25-16)19(22)23)10-27-11-17(26-20(18)27)13-5-4-8-29-12-13;1-2-19-13-6-11(15)7-17-8-12(16-14(13)17)10-4-3-5-18-9-10;1-2-11-6-3-5(8)4-10-7(6)9/h3,6-7,9-11,13,19H,2,4-5,8,12H2,1H3,(H,24,28);6-8,10H,2-5,9H2,1H3;3-4H,2H2,1H3,(H2,9,10). The number of rotatable bonds is 11. The van der Waals surface area contributed by atoms with Crippen LogP contribution in [0.1, 0.15) is 92.3 Å². The molecule has 0 aromatic carbocycles. The van der Waals surface area contributed by atoms with Gasteiger partial charge in [-0.15, -0.1) is 0 Å². The first-order valence-electron chi connectivity index (χ1n) is 19.8. The van der Waals surface area contributed by atoms with E-state index in [0.29, 0.717) is 61.0 Å². The van der Waals surface area contributed by atoms with E-state index in [4.69, 9.17) is 39.4 Å². The Morgan fingerprint density at radius 1 is 0.817 bits per heavy atom. The van der Waals surface area contributed by atoms with E-state index >= 15 is 0 Å². The summed E-state index contributed by atoms with van der Waals surface area (Å²) < 4.78 is 59.1. The van der Waals surface area contributed by atoms with E-state index < -0.39 is 18.0 Å². The summed E-state index contributed by atoms with van der Waals surface area (Å²) in [6, 6.07) is 9.39. The number of ether oxygens (including phenoxy) is 5. The van der Waals surface area contributed by atoms with Gasteiger partial charge in [0.25, 0.3) is 12.3 Å². The molecule has 2 atom stereocenters. The fraction of sp³-hybridized carbons (Fsp3) is 0.405. The number of halogens is 4. The second-order valence-electron chi connectivity index (χ2n) is 13.8. The quantitative estimate of drug-likeness (QED) is 0.127. The number of carbonyl (C=O) groups excluding carboxylic acids is 1. The lowest BCUT2D eigenvalue weighted by Crippen LogP contribution is -2.15. The van der Waals surface area contributed by atoms with Crippen LogP contribution in [-0.2, 0) is 9.47 Å². The molecule has 2 fully saturated rings. The third-order valence-corrected chi connectivity index (χ3v) is 10.3. The van der Waals surface area contributed by atoms with Gasteiger partial charge < -0.3 is 43.5 Å². The predicted octanol–water partition coefficient (Wildman–Crippen LogP) is 9.43. The normalized spacial score (nSPS) is 16.4. The SMILES string of the molecule is CCOc1cc(Br)cn2cc(C3CCCOC3)nc12.CCOc1cc(Br)cnc1N.CCOc1cc(NC(=O)c2cccc(C(F)F)n2)cn2cc(C3CCCOC3)nc12. The van der Waals surface area contributed by atoms with Crippen molar-refractivity contribution in [1.29, 1.82) is 0 Å². The molecule has 2 aliphatic rings. The maximum Gasteiger partial charge on any atom is 0.280 e. The Bertz CT molecular complexity index is 2350. The molecular formula is C42H48Br2F2N8O6.